The van der Waals surface area contributed by atoms with Crippen LogP contribution in [-0.4, -0.2) is 16.1 Å². The van der Waals surface area contributed by atoms with Gasteiger partial charge in [-0.05, 0) is 25.5 Å². The van der Waals surface area contributed by atoms with Crippen molar-refractivity contribution in [2.45, 2.75) is 26.5 Å². The summed E-state index contributed by atoms with van der Waals surface area (Å²) in [4.78, 5) is 4.09. The summed E-state index contributed by atoms with van der Waals surface area (Å²) < 4.78 is 0. The van der Waals surface area contributed by atoms with E-state index in [1.165, 1.54) is 0 Å². The Kier molecular flexibility index (Phi) is 3.51. The Balaban J connectivity index is 2.85. The lowest BCUT2D eigenvalue weighted by Gasteiger charge is -2.10. The van der Waals surface area contributed by atoms with Gasteiger partial charge in [0.2, 0.25) is 0 Å². The molecule has 0 spiro atoms. The zero-order valence-electron chi connectivity index (χ0n) is 7.71. The molecule has 1 heterocycles. The van der Waals surface area contributed by atoms with E-state index in [0.29, 0.717) is 16.9 Å². The van der Waals surface area contributed by atoms with E-state index in [4.69, 9.17) is 16.7 Å². The topological polar surface area (TPSA) is 45.2 Å². The smallest absolute Gasteiger partial charge is 0.144 e. The van der Waals surface area contributed by atoms with Crippen LogP contribution in [-0.2, 0) is 6.61 Å². The number of rotatable bonds is 3. The van der Waals surface area contributed by atoms with Gasteiger partial charge in [0.15, 0.2) is 0 Å². The highest BCUT2D eigenvalue weighted by Crippen LogP contribution is 2.20. The molecule has 3 nitrogen and oxygen atoms in total. The number of aromatic nitrogens is 1. The second-order valence-corrected chi connectivity index (χ2v) is 3.54. The lowest BCUT2D eigenvalue weighted by atomic mass is 10.3. The highest BCUT2D eigenvalue weighted by Gasteiger charge is 2.03. The number of nitrogens with zero attached hydrogens (tertiary/aromatic N) is 1. The van der Waals surface area contributed by atoms with Gasteiger partial charge in [0, 0.05) is 12.2 Å². The fraction of sp³-hybridized carbons (Fsp3) is 0.444. The van der Waals surface area contributed by atoms with Crippen LogP contribution in [0.5, 0.6) is 0 Å². The Morgan fingerprint density at radius 3 is 2.77 bits per heavy atom. The molecule has 4 heteroatoms. The SMILES string of the molecule is CC(C)Nc1ncc(CO)cc1Cl. The van der Waals surface area contributed by atoms with E-state index in [-0.39, 0.29) is 6.61 Å². The summed E-state index contributed by atoms with van der Waals surface area (Å²) in [5.41, 5.74) is 0.722. The van der Waals surface area contributed by atoms with Crippen LogP contribution in [0.3, 0.4) is 0 Å². The van der Waals surface area contributed by atoms with E-state index >= 15 is 0 Å². The third kappa shape index (κ3) is 2.86. The fourth-order valence-electron chi connectivity index (χ4n) is 0.944. The highest BCUT2D eigenvalue weighted by atomic mass is 35.5. The number of aliphatic hydroxyl groups excluding tert-OH is 1. The number of aliphatic hydroxyl groups is 1. The molecule has 1 aromatic heterocycles. The molecule has 0 saturated heterocycles. The first kappa shape index (κ1) is 10.3. The first-order valence-electron chi connectivity index (χ1n) is 4.15. The lowest BCUT2D eigenvalue weighted by Crippen LogP contribution is -2.11. The molecule has 0 aliphatic carbocycles. The molecule has 0 aliphatic rings. The van der Waals surface area contributed by atoms with Crippen molar-refractivity contribution < 1.29 is 5.11 Å². The summed E-state index contributed by atoms with van der Waals surface area (Å²) in [5, 5.41) is 12.5. The van der Waals surface area contributed by atoms with E-state index in [0.717, 1.165) is 5.56 Å². The normalized spacial score (nSPS) is 10.5. The van der Waals surface area contributed by atoms with Gasteiger partial charge < -0.3 is 10.4 Å². The first-order valence-corrected chi connectivity index (χ1v) is 4.53. The van der Waals surface area contributed by atoms with Crippen molar-refractivity contribution in [3.8, 4) is 0 Å². The largest absolute Gasteiger partial charge is 0.392 e. The molecule has 0 unspecified atom stereocenters. The summed E-state index contributed by atoms with van der Waals surface area (Å²) in [6.45, 7) is 3.99. The molecular formula is C9H13ClN2O. The van der Waals surface area contributed by atoms with Crippen molar-refractivity contribution >= 4 is 17.4 Å². The van der Waals surface area contributed by atoms with Crippen LogP contribution in [0.1, 0.15) is 19.4 Å². The lowest BCUT2D eigenvalue weighted by molar-refractivity contribution is 0.281. The van der Waals surface area contributed by atoms with Gasteiger partial charge >= 0.3 is 0 Å². The second kappa shape index (κ2) is 4.44. The summed E-state index contributed by atoms with van der Waals surface area (Å²) in [7, 11) is 0. The van der Waals surface area contributed by atoms with Crippen molar-refractivity contribution in [2.24, 2.45) is 0 Å². The first-order chi connectivity index (χ1) is 6.13. The molecule has 0 saturated carbocycles. The van der Waals surface area contributed by atoms with Crippen LogP contribution in [0.25, 0.3) is 0 Å². The summed E-state index contributed by atoms with van der Waals surface area (Å²) >= 11 is 5.92. The van der Waals surface area contributed by atoms with Crippen LogP contribution in [0.15, 0.2) is 12.3 Å². The predicted octanol–water partition coefficient (Wildman–Crippen LogP) is 2.05. The van der Waals surface area contributed by atoms with Crippen molar-refractivity contribution in [2.75, 3.05) is 5.32 Å². The third-order valence-electron chi connectivity index (χ3n) is 1.51. The van der Waals surface area contributed by atoms with Crippen LogP contribution in [0.4, 0.5) is 5.82 Å². The van der Waals surface area contributed by atoms with E-state index in [1.54, 1.807) is 12.3 Å². The Morgan fingerprint density at radius 1 is 1.62 bits per heavy atom. The van der Waals surface area contributed by atoms with Gasteiger partial charge in [0.05, 0.1) is 11.6 Å². The van der Waals surface area contributed by atoms with E-state index in [2.05, 4.69) is 10.3 Å². The number of hydrogen-bond donors (Lipinski definition) is 2. The second-order valence-electron chi connectivity index (χ2n) is 3.13. The average molecular weight is 201 g/mol. The Labute approximate surface area is 82.8 Å². The minimum Gasteiger partial charge on any atom is -0.392 e. The quantitative estimate of drug-likeness (QED) is 0.785. The molecule has 0 aliphatic heterocycles. The monoisotopic (exact) mass is 200 g/mol. The molecule has 1 rings (SSSR count). The minimum atomic E-state index is -0.0331. The van der Waals surface area contributed by atoms with Gasteiger partial charge in [-0.3, -0.25) is 0 Å². The van der Waals surface area contributed by atoms with Crippen LogP contribution in [0, 0.1) is 0 Å². The minimum absolute atomic E-state index is 0.0331. The maximum atomic E-state index is 8.82. The van der Waals surface area contributed by atoms with Gasteiger partial charge in [-0.15, -0.1) is 0 Å². The predicted molar refractivity (Wildman–Crippen MR) is 53.9 cm³/mol. The summed E-state index contributed by atoms with van der Waals surface area (Å²) in [6.07, 6.45) is 1.61. The van der Waals surface area contributed by atoms with Crippen molar-refractivity contribution in [3.05, 3.63) is 22.8 Å². The van der Waals surface area contributed by atoms with Gasteiger partial charge in [-0.1, -0.05) is 11.6 Å². The average Bonchev–Trinajstić information content (AvgIpc) is 2.08. The summed E-state index contributed by atoms with van der Waals surface area (Å²) in [5.74, 6) is 0.661. The fourth-order valence-corrected chi connectivity index (χ4v) is 1.19. The maximum Gasteiger partial charge on any atom is 0.144 e. The van der Waals surface area contributed by atoms with Gasteiger partial charge in [-0.2, -0.15) is 0 Å². The van der Waals surface area contributed by atoms with Gasteiger partial charge in [-0.25, -0.2) is 4.98 Å². The molecule has 72 valence electrons. The molecule has 0 bridgehead atoms. The molecule has 1 aromatic rings. The third-order valence-corrected chi connectivity index (χ3v) is 1.79. The molecule has 0 atom stereocenters. The van der Waals surface area contributed by atoms with Gasteiger partial charge in [0.25, 0.3) is 0 Å². The Morgan fingerprint density at radius 2 is 2.31 bits per heavy atom. The molecule has 0 amide bonds. The van der Waals surface area contributed by atoms with Crippen LogP contribution < -0.4 is 5.32 Å². The van der Waals surface area contributed by atoms with E-state index in [1.807, 2.05) is 13.8 Å². The van der Waals surface area contributed by atoms with E-state index < -0.39 is 0 Å². The Bertz CT molecular complexity index is 289. The molecular weight excluding hydrogens is 188 g/mol. The Hall–Kier alpha value is -0.800. The molecule has 2 N–H and O–H groups in total. The zero-order chi connectivity index (χ0) is 9.84. The van der Waals surface area contributed by atoms with Crippen molar-refractivity contribution in [1.29, 1.82) is 0 Å². The molecule has 0 fully saturated rings. The number of hydrogen-bond acceptors (Lipinski definition) is 3. The zero-order valence-corrected chi connectivity index (χ0v) is 8.47. The molecule has 0 radical (unpaired) electrons. The van der Waals surface area contributed by atoms with Gasteiger partial charge in [0.1, 0.15) is 5.82 Å². The highest BCUT2D eigenvalue weighted by molar-refractivity contribution is 6.32. The molecule has 0 aromatic carbocycles. The number of anilines is 1. The van der Waals surface area contributed by atoms with Crippen LogP contribution >= 0.6 is 11.6 Å². The summed E-state index contributed by atoms with van der Waals surface area (Å²) in [6, 6.07) is 2.00. The van der Waals surface area contributed by atoms with Crippen molar-refractivity contribution in [1.82, 2.24) is 4.98 Å². The van der Waals surface area contributed by atoms with Crippen LogP contribution in [0.2, 0.25) is 5.02 Å². The number of pyridine rings is 1. The maximum absolute atomic E-state index is 8.82. The standard InChI is InChI=1S/C9H13ClN2O/c1-6(2)12-9-8(10)3-7(5-13)4-11-9/h3-4,6,13H,5H2,1-2H3,(H,11,12). The van der Waals surface area contributed by atoms with E-state index in [9.17, 15) is 0 Å². The number of halogens is 1. The van der Waals surface area contributed by atoms with Crippen molar-refractivity contribution in [3.63, 3.8) is 0 Å². The number of nitrogens with one attached hydrogen (secondary N) is 1. The molecule has 13 heavy (non-hydrogen) atoms.